The number of nitrogens with zero attached hydrogens (tertiary/aromatic N) is 6. The van der Waals surface area contributed by atoms with Gasteiger partial charge in [0.25, 0.3) is 0 Å². The molecule has 4 rings (SSSR count). The molecule has 2 aromatic carbocycles. The van der Waals surface area contributed by atoms with Gasteiger partial charge >= 0.3 is 0 Å². The summed E-state index contributed by atoms with van der Waals surface area (Å²) in [5.41, 5.74) is 2.38. The Bertz CT molecular complexity index is 962. The van der Waals surface area contributed by atoms with Crippen LogP contribution in [-0.4, -0.2) is 65.5 Å². The van der Waals surface area contributed by atoms with Gasteiger partial charge in [-0.1, -0.05) is 12.1 Å². The van der Waals surface area contributed by atoms with Crippen molar-refractivity contribution in [1.29, 1.82) is 0 Å². The number of hydrogen-bond acceptors (Lipinski definition) is 7. The monoisotopic (exact) mass is 422 g/mol. The summed E-state index contributed by atoms with van der Waals surface area (Å²) in [7, 11) is 3.38. The van der Waals surface area contributed by atoms with Crippen molar-refractivity contribution in [3.63, 3.8) is 0 Å². The number of hydrogen-bond donors (Lipinski definition) is 0. The number of aromatic nitrogens is 4. The van der Waals surface area contributed by atoms with Gasteiger partial charge in [-0.2, -0.15) is 0 Å². The molecule has 1 aromatic heterocycles. The molecule has 1 atom stereocenters. The Hall–Kier alpha value is -3.13. The molecule has 1 fully saturated rings. The van der Waals surface area contributed by atoms with Crippen molar-refractivity contribution < 1.29 is 9.47 Å². The fraction of sp³-hybridized carbons (Fsp3) is 0.435. The van der Waals surface area contributed by atoms with Gasteiger partial charge in [-0.15, -0.1) is 5.10 Å². The molecule has 31 heavy (non-hydrogen) atoms. The first-order valence-corrected chi connectivity index (χ1v) is 10.7. The molecule has 8 nitrogen and oxygen atoms in total. The van der Waals surface area contributed by atoms with Crippen molar-refractivity contribution >= 4 is 5.69 Å². The lowest BCUT2D eigenvalue weighted by molar-refractivity contribution is 0.199. The van der Waals surface area contributed by atoms with E-state index in [2.05, 4.69) is 63.4 Å². The third-order valence-electron chi connectivity index (χ3n) is 5.80. The smallest absolute Gasteiger partial charge is 0.173 e. The number of anilines is 1. The highest BCUT2D eigenvalue weighted by Gasteiger charge is 2.31. The predicted molar refractivity (Wildman–Crippen MR) is 120 cm³/mol. The first-order chi connectivity index (χ1) is 15.1. The molecule has 0 amide bonds. The van der Waals surface area contributed by atoms with E-state index >= 15 is 0 Å². The highest BCUT2D eigenvalue weighted by Crippen LogP contribution is 2.31. The van der Waals surface area contributed by atoms with Gasteiger partial charge in [-0.05, 0) is 66.2 Å². The Morgan fingerprint density at radius 1 is 0.806 bits per heavy atom. The predicted octanol–water partition coefficient (Wildman–Crippen LogP) is 3.18. The quantitative estimate of drug-likeness (QED) is 0.579. The molecule has 0 radical (unpaired) electrons. The van der Waals surface area contributed by atoms with E-state index in [-0.39, 0.29) is 12.1 Å². The summed E-state index contributed by atoms with van der Waals surface area (Å²) in [5.74, 6) is 2.59. The van der Waals surface area contributed by atoms with Crippen molar-refractivity contribution in [3.05, 3.63) is 59.9 Å². The summed E-state index contributed by atoms with van der Waals surface area (Å²) in [4.78, 5) is 4.87. The highest BCUT2D eigenvalue weighted by atomic mass is 16.5. The average molecular weight is 423 g/mol. The topological polar surface area (TPSA) is 68.5 Å². The number of benzene rings is 2. The summed E-state index contributed by atoms with van der Waals surface area (Å²) in [6, 6.07) is 16.7. The average Bonchev–Trinajstić information content (AvgIpc) is 3.30. The van der Waals surface area contributed by atoms with Crippen molar-refractivity contribution in [1.82, 2.24) is 25.1 Å². The van der Waals surface area contributed by atoms with Gasteiger partial charge in [0.2, 0.25) is 0 Å². The summed E-state index contributed by atoms with van der Waals surface area (Å²) in [6.45, 7) is 7.89. The lowest BCUT2D eigenvalue weighted by Gasteiger charge is -2.40. The van der Waals surface area contributed by atoms with Gasteiger partial charge in [0.15, 0.2) is 5.82 Å². The minimum absolute atomic E-state index is 0.0127. The van der Waals surface area contributed by atoms with E-state index in [1.54, 1.807) is 14.2 Å². The molecule has 3 aromatic rings. The third kappa shape index (κ3) is 4.49. The molecule has 2 heterocycles. The molecular formula is C23H30N6O2. The van der Waals surface area contributed by atoms with Gasteiger partial charge in [-0.25, -0.2) is 4.68 Å². The first kappa shape index (κ1) is 21.1. The van der Waals surface area contributed by atoms with Crippen LogP contribution in [0.3, 0.4) is 0 Å². The molecule has 1 unspecified atom stereocenters. The molecule has 1 aliphatic rings. The number of methoxy groups -OCH3 is 2. The largest absolute Gasteiger partial charge is 0.497 e. The number of tetrazole rings is 1. The van der Waals surface area contributed by atoms with Crippen LogP contribution in [-0.2, 0) is 0 Å². The SMILES string of the molecule is COc1ccc(C(c2nnnn2C(C)C)N2CCN(c3ccc(OC)cc3)CC2)cc1. The van der Waals surface area contributed by atoms with Crippen LogP contribution in [0, 0.1) is 0 Å². The Balaban J connectivity index is 1.57. The maximum atomic E-state index is 5.35. The molecule has 1 aliphatic heterocycles. The number of piperazine rings is 1. The first-order valence-electron chi connectivity index (χ1n) is 10.7. The van der Waals surface area contributed by atoms with E-state index < -0.39 is 0 Å². The van der Waals surface area contributed by atoms with Crippen LogP contribution in [0.15, 0.2) is 48.5 Å². The van der Waals surface area contributed by atoms with Crippen LogP contribution >= 0.6 is 0 Å². The van der Waals surface area contributed by atoms with E-state index in [0.717, 1.165) is 49.1 Å². The molecule has 164 valence electrons. The lowest BCUT2D eigenvalue weighted by atomic mass is 10.0. The Kier molecular flexibility index (Phi) is 6.36. The minimum Gasteiger partial charge on any atom is -0.497 e. The van der Waals surface area contributed by atoms with Crippen LogP contribution < -0.4 is 14.4 Å². The van der Waals surface area contributed by atoms with Crippen LogP contribution in [0.5, 0.6) is 11.5 Å². The molecular weight excluding hydrogens is 392 g/mol. The normalized spacial score (nSPS) is 15.8. The fourth-order valence-corrected chi connectivity index (χ4v) is 4.09. The summed E-state index contributed by atoms with van der Waals surface area (Å²) < 4.78 is 12.6. The van der Waals surface area contributed by atoms with Crippen LogP contribution in [0.4, 0.5) is 5.69 Å². The molecule has 0 bridgehead atoms. The van der Waals surface area contributed by atoms with Gasteiger partial charge in [-0.3, -0.25) is 4.90 Å². The van der Waals surface area contributed by atoms with E-state index in [9.17, 15) is 0 Å². The zero-order chi connectivity index (χ0) is 21.8. The molecule has 0 saturated carbocycles. The highest BCUT2D eigenvalue weighted by molar-refractivity contribution is 5.49. The molecule has 0 aliphatic carbocycles. The van der Waals surface area contributed by atoms with E-state index in [1.807, 2.05) is 28.9 Å². The fourth-order valence-electron chi connectivity index (χ4n) is 4.09. The van der Waals surface area contributed by atoms with Crippen molar-refractivity contribution in [3.8, 4) is 11.5 Å². The maximum absolute atomic E-state index is 5.35. The second-order valence-corrected chi connectivity index (χ2v) is 7.97. The van der Waals surface area contributed by atoms with Crippen LogP contribution in [0.25, 0.3) is 0 Å². The van der Waals surface area contributed by atoms with Gasteiger partial charge in [0.05, 0.1) is 26.3 Å². The summed E-state index contributed by atoms with van der Waals surface area (Å²) >= 11 is 0. The summed E-state index contributed by atoms with van der Waals surface area (Å²) in [6.07, 6.45) is 0. The molecule has 0 spiro atoms. The van der Waals surface area contributed by atoms with Crippen LogP contribution in [0.2, 0.25) is 0 Å². The molecule has 1 saturated heterocycles. The van der Waals surface area contributed by atoms with Gasteiger partial charge < -0.3 is 14.4 Å². The third-order valence-corrected chi connectivity index (χ3v) is 5.80. The van der Waals surface area contributed by atoms with E-state index in [4.69, 9.17) is 9.47 Å². The zero-order valence-electron chi connectivity index (χ0n) is 18.6. The van der Waals surface area contributed by atoms with Crippen LogP contribution in [0.1, 0.15) is 37.3 Å². The Morgan fingerprint density at radius 3 is 1.94 bits per heavy atom. The van der Waals surface area contributed by atoms with Gasteiger partial charge in [0.1, 0.15) is 11.5 Å². The van der Waals surface area contributed by atoms with Crippen molar-refractivity contribution in [2.24, 2.45) is 0 Å². The molecule has 0 N–H and O–H groups in total. The van der Waals surface area contributed by atoms with E-state index in [1.165, 1.54) is 5.69 Å². The number of rotatable bonds is 7. The van der Waals surface area contributed by atoms with Crippen molar-refractivity contribution in [2.45, 2.75) is 25.9 Å². The summed E-state index contributed by atoms with van der Waals surface area (Å²) in [5, 5.41) is 12.7. The Morgan fingerprint density at radius 2 is 1.39 bits per heavy atom. The maximum Gasteiger partial charge on any atom is 0.173 e. The minimum atomic E-state index is -0.0127. The van der Waals surface area contributed by atoms with Gasteiger partial charge in [0, 0.05) is 31.9 Å². The second-order valence-electron chi connectivity index (χ2n) is 7.97. The second kappa shape index (κ2) is 9.34. The lowest BCUT2D eigenvalue weighted by Crippen LogP contribution is -2.48. The zero-order valence-corrected chi connectivity index (χ0v) is 18.6. The molecule has 8 heteroatoms. The van der Waals surface area contributed by atoms with E-state index in [0.29, 0.717) is 0 Å². The Labute approximate surface area is 183 Å². The van der Waals surface area contributed by atoms with Crippen molar-refractivity contribution in [2.75, 3.05) is 45.3 Å². The standard InChI is InChI=1S/C23H30N6O2/c1-17(2)29-23(24-25-26-29)22(18-5-9-20(30-3)10-6-18)28-15-13-27(14-16-28)19-7-11-21(31-4)12-8-19/h5-12,17,22H,13-16H2,1-4H3. The number of ether oxygens (including phenoxy) is 2.